The molecule has 22 heavy (non-hydrogen) atoms. The fourth-order valence-electron chi connectivity index (χ4n) is 2.14. The van der Waals surface area contributed by atoms with Crippen molar-refractivity contribution in [2.75, 3.05) is 19.3 Å². The Bertz CT molecular complexity index is 699. The van der Waals surface area contributed by atoms with Crippen molar-refractivity contribution < 1.29 is 16.8 Å². The number of sulfonamides is 2. The molecule has 6 nitrogen and oxygen atoms in total. The predicted molar refractivity (Wildman–Crippen MR) is 87.7 cm³/mol. The van der Waals surface area contributed by atoms with Gasteiger partial charge >= 0.3 is 0 Å². The molecule has 1 unspecified atom stereocenters. The van der Waals surface area contributed by atoms with Crippen molar-refractivity contribution in [3.05, 3.63) is 29.8 Å². The molecule has 1 aromatic carbocycles. The zero-order valence-electron chi connectivity index (χ0n) is 13.4. The van der Waals surface area contributed by atoms with Gasteiger partial charge in [0, 0.05) is 19.1 Å². The molecule has 0 aliphatic rings. The van der Waals surface area contributed by atoms with Crippen LogP contribution in [-0.2, 0) is 20.0 Å². The maximum absolute atomic E-state index is 12.2. The minimum absolute atomic E-state index is 0.0358. The Morgan fingerprint density at radius 1 is 1.18 bits per heavy atom. The van der Waals surface area contributed by atoms with Crippen LogP contribution in [0.15, 0.2) is 29.2 Å². The molecule has 1 N–H and O–H groups in total. The molecule has 8 heteroatoms. The van der Waals surface area contributed by atoms with E-state index in [1.54, 1.807) is 32.0 Å². The third-order valence-corrected chi connectivity index (χ3v) is 6.53. The van der Waals surface area contributed by atoms with Crippen molar-refractivity contribution >= 4 is 20.0 Å². The molecule has 1 rings (SSSR count). The first-order valence-corrected chi connectivity index (χ1v) is 10.4. The number of aryl methyl sites for hydroxylation is 1. The highest BCUT2D eigenvalue weighted by Gasteiger charge is 2.23. The highest BCUT2D eigenvalue weighted by Crippen LogP contribution is 2.14. The summed E-state index contributed by atoms with van der Waals surface area (Å²) in [4.78, 5) is 0.212. The van der Waals surface area contributed by atoms with Crippen molar-refractivity contribution in [3.8, 4) is 0 Å². The summed E-state index contributed by atoms with van der Waals surface area (Å²) in [6.07, 6.45) is 1.80. The number of nitrogens with one attached hydrogen (secondary N) is 1. The first kappa shape index (κ1) is 19.1. The summed E-state index contributed by atoms with van der Waals surface area (Å²) >= 11 is 0. The Hall–Kier alpha value is -0.960. The van der Waals surface area contributed by atoms with Gasteiger partial charge in [-0.3, -0.25) is 0 Å². The summed E-state index contributed by atoms with van der Waals surface area (Å²) in [6, 6.07) is 6.50. The van der Waals surface area contributed by atoms with Gasteiger partial charge in [-0.2, -0.15) is 4.31 Å². The van der Waals surface area contributed by atoms with Gasteiger partial charge in [0.1, 0.15) is 0 Å². The van der Waals surface area contributed by atoms with Gasteiger partial charge in [-0.05, 0) is 31.9 Å². The van der Waals surface area contributed by atoms with Crippen molar-refractivity contribution in [2.45, 2.75) is 38.1 Å². The third-order valence-electron chi connectivity index (χ3n) is 3.52. The van der Waals surface area contributed by atoms with E-state index in [1.807, 2.05) is 6.92 Å². The van der Waals surface area contributed by atoms with E-state index in [9.17, 15) is 16.8 Å². The molecule has 1 atom stereocenters. The maximum Gasteiger partial charge on any atom is 0.240 e. The molecule has 0 amide bonds. The summed E-state index contributed by atoms with van der Waals surface area (Å²) < 4.78 is 51.8. The van der Waals surface area contributed by atoms with Crippen LogP contribution in [0.2, 0.25) is 0 Å². The lowest BCUT2D eigenvalue weighted by atomic mass is 10.2. The van der Waals surface area contributed by atoms with Crippen molar-refractivity contribution in [1.82, 2.24) is 9.03 Å². The fraction of sp³-hybridized carbons (Fsp3) is 0.571. The van der Waals surface area contributed by atoms with E-state index >= 15 is 0 Å². The lowest BCUT2D eigenvalue weighted by Gasteiger charge is -2.26. The van der Waals surface area contributed by atoms with Crippen LogP contribution < -0.4 is 4.72 Å². The molecule has 0 aliphatic heterocycles. The number of benzene rings is 1. The molecule has 0 aromatic heterocycles. The normalized spacial score (nSPS) is 14.2. The molecule has 0 radical (unpaired) electrons. The quantitative estimate of drug-likeness (QED) is 0.768. The lowest BCUT2D eigenvalue weighted by Crippen LogP contribution is -2.42. The standard InChI is InChI=1S/C14H24N2O4S2/c1-5-13(3)16(21(4,17)18)11-10-15-22(19,20)14-9-7-6-8-12(14)2/h6-9,13,15H,5,10-11H2,1-4H3. The molecule has 0 fully saturated rings. The topological polar surface area (TPSA) is 83.6 Å². The van der Waals surface area contributed by atoms with Crippen LogP contribution >= 0.6 is 0 Å². The highest BCUT2D eigenvalue weighted by atomic mass is 32.2. The molecule has 0 heterocycles. The van der Waals surface area contributed by atoms with E-state index in [0.29, 0.717) is 12.0 Å². The van der Waals surface area contributed by atoms with Crippen LogP contribution in [0.25, 0.3) is 0 Å². The van der Waals surface area contributed by atoms with Crippen molar-refractivity contribution in [2.24, 2.45) is 0 Å². The zero-order valence-corrected chi connectivity index (χ0v) is 15.0. The van der Waals surface area contributed by atoms with Gasteiger partial charge < -0.3 is 0 Å². The van der Waals surface area contributed by atoms with Crippen molar-refractivity contribution in [1.29, 1.82) is 0 Å². The smallest absolute Gasteiger partial charge is 0.212 e. The average molecular weight is 348 g/mol. The maximum atomic E-state index is 12.2. The number of hydrogen-bond donors (Lipinski definition) is 1. The Balaban J connectivity index is 2.79. The summed E-state index contributed by atoms with van der Waals surface area (Å²) in [7, 11) is -7.00. The molecule has 126 valence electrons. The molecular formula is C14H24N2O4S2. The van der Waals surface area contributed by atoms with Gasteiger partial charge in [-0.25, -0.2) is 21.6 Å². The number of hydrogen-bond acceptors (Lipinski definition) is 4. The molecule has 0 saturated heterocycles. The lowest BCUT2D eigenvalue weighted by molar-refractivity contribution is 0.335. The van der Waals surface area contributed by atoms with Gasteiger partial charge in [-0.15, -0.1) is 0 Å². The summed E-state index contributed by atoms with van der Waals surface area (Å²) in [5.74, 6) is 0. The average Bonchev–Trinajstić information content (AvgIpc) is 2.41. The van der Waals surface area contributed by atoms with Gasteiger partial charge in [0.15, 0.2) is 0 Å². The molecule has 0 bridgehead atoms. The summed E-state index contributed by atoms with van der Waals surface area (Å²) in [5.41, 5.74) is 0.650. The second kappa shape index (κ2) is 7.54. The van der Waals surface area contributed by atoms with E-state index in [1.165, 1.54) is 10.4 Å². The monoisotopic (exact) mass is 348 g/mol. The van der Waals surface area contributed by atoms with Gasteiger partial charge in [0.25, 0.3) is 0 Å². The third kappa shape index (κ3) is 5.05. The second-order valence-corrected chi connectivity index (χ2v) is 8.96. The molecule has 0 saturated carbocycles. The van der Waals surface area contributed by atoms with Crippen LogP contribution in [0.4, 0.5) is 0 Å². The minimum atomic E-state index is -3.64. The highest BCUT2D eigenvalue weighted by molar-refractivity contribution is 7.89. The Labute approximate surface area is 133 Å². The van der Waals surface area contributed by atoms with E-state index in [2.05, 4.69) is 4.72 Å². The Morgan fingerprint density at radius 3 is 2.27 bits per heavy atom. The summed E-state index contributed by atoms with van der Waals surface area (Å²) in [6.45, 7) is 5.56. The minimum Gasteiger partial charge on any atom is -0.212 e. The zero-order chi connectivity index (χ0) is 17.0. The SMILES string of the molecule is CCC(C)N(CCNS(=O)(=O)c1ccccc1C)S(C)(=O)=O. The van der Waals surface area contributed by atoms with E-state index in [-0.39, 0.29) is 24.0 Å². The number of nitrogens with zero attached hydrogens (tertiary/aromatic N) is 1. The van der Waals surface area contributed by atoms with E-state index < -0.39 is 20.0 Å². The Kier molecular flexibility index (Phi) is 6.54. The molecule has 0 spiro atoms. The van der Waals surface area contributed by atoms with Crippen molar-refractivity contribution in [3.63, 3.8) is 0 Å². The Morgan fingerprint density at radius 2 is 1.77 bits per heavy atom. The predicted octanol–water partition coefficient (Wildman–Crippen LogP) is 1.33. The van der Waals surface area contributed by atoms with Gasteiger partial charge in [0.2, 0.25) is 20.0 Å². The summed E-state index contributed by atoms with van der Waals surface area (Å²) in [5, 5.41) is 0. The van der Waals surface area contributed by atoms with Gasteiger partial charge in [-0.1, -0.05) is 25.1 Å². The molecular weight excluding hydrogens is 324 g/mol. The largest absolute Gasteiger partial charge is 0.240 e. The number of rotatable bonds is 8. The second-order valence-electron chi connectivity index (χ2n) is 5.29. The molecule has 1 aromatic rings. The first-order chi connectivity index (χ1) is 10.1. The van der Waals surface area contributed by atoms with E-state index in [4.69, 9.17) is 0 Å². The van der Waals surface area contributed by atoms with E-state index in [0.717, 1.165) is 6.26 Å². The fourth-order valence-corrected chi connectivity index (χ4v) is 4.63. The van der Waals surface area contributed by atoms with Crippen LogP contribution in [0.5, 0.6) is 0 Å². The van der Waals surface area contributed by atoms with Crippen LogP contribution in [-0.4, -0.2) is 46.5 Å². The molecule has 0 aliphatic carbocycles. The first-order valence-electron chi connectivity index (χ1n) is 7.11. The van der Waals surface area contributed by atoms with Gasteiger partial charge in [0.05, 0.1) is 11.2 Å². The van der Waals surface area contributed by atoms with Crippen LogP contribution in [0.1, 0.15) is 25.8 Å². The van der Waals surface area contributed by atoms with Crippen LogP contribution in [0.3, 0.4) is 0 Å². The van der Waals surface area contributed by atoms with Crippen LogP contribution in [0, 0.1) is 6.92 Å².